The van der Waals surface area contributed by atoms with Crippen molar-refractivity contribution in [3.63, 3.8) is 0 Å². The van der Waals surface area contributed by atoms with Gasteiger partial charge in [0.1, 0.15) is 11.5 Å². The Labute approximate surface area is 164 Å². The monoisotopic (exact) mass is 383 g/mol. The lowest BCUT2D eigenvalue weighted by molar-refractivity contribution is -0.134. The fraction of sp³-hybridized carbons (Fsp3) is 0.455. The van der Waals surface area contributed by atoms with Crippen LogP contribution in [0, 0.1) is 11.7 Å². The van der Waals surface area contributed by atoms with Crippen LogP contribution in [0.3, 0.4) is 0 Å². The summed E-state index contributed by atoms with van der Waals surface area (Å²) in [6.45, 7) is 3.20. The molecule has 2 aromatic rings. The van der Waals surface area contributed by atoms with Crippen molar-refractivity contribution in [1.82, 2.24) is 15.2 Å². The van der Waals surface area contributed by atoms with Crippen LogP contribution in [0.1, 0.15) is 54.6 Å². The molecule has 1 atom stereocenters. The van der Waals surface area contributed by atoms with Gasteiger partial charge in [0.15, 0.2) is 0 Å². The second-order valence-electron chi connectivity index (χ2n) is 8.07. The third-order valence-electron chi connectivity index (χ3n) is 6.30. The molecular weight excluding hydrogens is 357 g/mol. The van der Waals surface area contributed by atoms with Crippen molar-refractivity contribution >= 4 is 11.8 Å². The number of aromatic nitrogens is 1. The van der Waals surface area contributed by atoms with Crippen LogP contribution in [0.25, 0.3) is 0 Å². The van der Waals surface area contributed by atoms with E-state index >= 15 is 0 Å². The van der Waals surface area contributed by atoms with Crippen LogP contribution in [0.15, 0.2) is 42.6 Å². The van der Waals surface area contributed by atoms with Crippen molar-refractivity contribution in [2.45, 2.75) is 44.1 Å². The van der Waals surface area contributed by atoms with E-state index in [4.69, 9.17) is 0 Å². The number of hydrogen-bond donors (Lipinski definition) is 2. The largest absolute Gasteiger partial charge is 0.357 e. The van der Waals surface area contributed by atoms with Crippen molar-refractivity contribution in [1.29, 1.82) is 0 Å². The molecular formula is C22H26FN3O2. The summed E-state index contributed by atoms with van der Waals surface area (Å²) in [6, 6.07) is 9.87. The second kappa shape index (κ2) is 7.41. The molecule has 2 fully saturated rings. The van der Waals surface area contributed by atoms with E-state index in [1.165, 1.54) is 12.1 Å². The van der Waals surface area contributed by atoms with Crippen molar-refractivity contribution in [3.8, 4) is 0 Å². The van der Waals surface area contributed by atoms with Gasteiger partial charge in [-0.2, -0.15) is 0 Å². The van der Waals surface area contributed by atoms with Gasteiger partial charge in [0.2, 0.25) is 5.91 Å². The maximum atomic E-state index is 13.5. The summed E-state index contributed by atoms with van der Waals surface area (Å²) < 4.78 is 13.5. The molecule has 0 radical (unpaired) electrons. The van der Waals surface area contributed by atoms with Gasteiger partial charge in [0, 0.05) is 24.8 Å². The van der Waals surface area contributed by atoms with Crippen LogP contribution in [0.5, 0.6) is 0 Å². The minimum Gasteiger partial charge on any atom is -0.357 e. The molecule has 4 rings (SSSR count). The lowest BCUT2D eigenvalue weighted by Crippen LogP contribution is -2.49. The van der Waals surface area contributed by atoms with Crippen molar-refractivity contribution in [2.75, 3.05) is 13.1 Å². The second-order valence-corrected chi connectivity index (χ2v) is 8.07. The highest BCUT2D eigenvalue weighted by molar-refractivity contribution is 5.93. The Balaban J connectivity index is 1.34. The van der Waals surface area contributed by atoms with E-state index in [2.05, 4.69) is 10.3 Å². The molecule has 28 heavy (non-hydrogen) atoms. The number of H-pyrrole nitrogens is 1. The minimum atomic E-state index is -0.352. The summed E-state index contributed by atoms with van der Waals surface area (Å²) in [5, 5.41) is 3.22. The van der Waals surface area contributed by atoms with Crippen molar-refractivity contribution in [2.24, 2.45) is 5.92 Å². The molecule has 1 aromatic carbocycles. The molecule has 1 aliphatic heterocycles. The minimum absolute atomic E-state index is 0.0457. The zero-order chi connectivity index (χ0) is 19.7. The lowest BCUT2D eigenvalue weighted by atomic mass is 9.86. The van der Waals surface area contributed by atoms with Gasteiger partial charge in [0.05, 0.1) is 5.92 Å². The predicted molar refractivity (Wildman–Crippen MR) is 104 cm³/mol. The highest BCUT2D eigenvalue weighted by Crippen LogP contribution is 2.47. The van der Waals surface area contributed by atoms with Gasteiger partial charge in [-0.1, -0.05) is 12.1 Å². The van der Waals surface area contributed by atoms with E-state index in [0.717, 1.165) is 25.7 Å². The van der Waals surface area contributed by atoms with Crippen molar-refractivity contribution < 1.29 is 14.0 Å². The molecule has 1 unspecified atom stereocenters. The number of rotatable bonds is 5. The first-order chi connectivity index (χ1) is 13.5. The van der Waals surface area contributed by atoms with Gasteiger partial charge in [-0.05, 0) is 68.4 Å². The number of likely N-dealkylation sites (tertiary alicyclic amines) is 1. The fourth-order valence-corrected chi connectivity index (χ4v) is 4.38. The molecule has 1 aliphatic carbocycles. The molecule has 1 saturated carbocycles. The fourth-order valence-electron chi connectivity index (χ4n) is 4.38. The van der Waals surface area contributed by atoms with Crippen LogP contribution in [0.4, 0.5) is 4.39 Å². The Morgan fingerprint density at radius 1 is 1.21 bits per heavy atom. The predicted octanol–water partition coefficient (Wildman–Crippen LogP) is 3.46. The quantitative estimate of drug-likeness (QED) is 0.830. The highest BCUT2D eigenvalue weighted by Gasteiger charge is 2.51. The zero-order valence-corrected chi connectivity index (χ0v) is 16.1. The molecule has 0 bridgehead atoms. The standard InChI is InChI=1S/C22H26FN3O2/c1-15(16-4-2-5-18(23)14-16)21(28)26-12-7-17(8-13-26)22(9-10-22)25-20(27)19-6-3-11-24-19/h2-6,11,14-15,17,24H,7-10,12-13H2,1H3,(H,25,27). The Kier molecular flexibility index (Phi) is 4.96. The number of carbonyl (C=O) groups excluding carboxylic acids is 2. The molecule has 5 nitrogen and oxygen atoms in total. The summed E-state index contributed by atoms with van der Waals surface area (Å²) in [5.74, 6) is -0.288. The number of aromatic amines is 1. The SMILES string of the molecule is CC(C(=O)N1CCC(C2(NC(=O)c3ccc[nH]3)CC2)CC1)c1cccc(F)c1. The van der Waals surface area contributed by atoms with Gasteiger partial charge in [0.25, 0.3) is 5.91 Å². The van der Waals surface area contributed by atoms with E-state index in [1.54, 1.807) is 24.4 Å². The normalized spacial score (nSPS) is 19.9. The number of nitrogens with zero attached hydrogens (tertiary/aromatic N) is 1. The molecule has 2 amide bonds. The van der Waals surface area contributed by atoms with Gasteiger partial charge in [-0.3, -0.25) is 9.59 Å². The number of hydrogen-bond acceptors (Lipinski definition) is 2. The average Bonchev–Trinajstić information content (AvgIpc) is 3.27. The lowest BCUT2D eigenvalue weighted by Gasteiger charge is -2.37. The van der Waals surface area contributed by atoms with Crippen molar-refractivity contribution in [3.05, 3.63) is 59.7 Å². The third-order valence-corrected chi connectivity index (χ3v) is 6.30. The third kappa shape index (κ3) is 3.68. The first-order valence-electron chi connectivity index (χ1n) is 9.99. The Hall–Kier alpha value is -2.63. The van der Waals surface area contributed by atoms with E-state index in [9.17, 15) is 14.0 Å². The zero-order valence-electron chi connectivity index (χ0n) is 16.1. The van der Waals surface area contributed by atoms with Gasteiger partial charge in [-0.15, -0.1) is 0 Å². The number of benzene rings is 1. The van der Waals surface area contributed by atoms with Gasteiger partial charge >= 0.3 is 0 Å². The van der Waals surface area contributed by atoms with Crippen LogP contribution >= 0.6 is 0 Å². The van der Waals surface area contributed by atoms with Gasteiger partial charge < -0.3 is 15.2 Å². The number of piperidine rings is 1. The van der Waals surface area contributed by atoms with E-state index in [0.29, 0.717) is 30.3 Å². The van der Waals surface area contributed by atoms with E-state index < -0.39 is 0 Å². The summed E-state index contributed by atoms with van der Waals surface area (Å²) in [5.41, 5.74) is 1.18. The molecule has 1 aromatic heterocycles. The average molecular weight is 383 g/mol. The number of nitrogens with one attached hydrogen (secondary N) is 2. The van der Waals surface area contributed by atoms with Crippen LogP contribution in [0.2, 0.25) is 0 Å². The summed E-state index contributed by atoms with van der Waals surface area (Å²) in [6.07, 6.45) is 5.51. The molecule has 6 heteroatoms. The smallest absolute Gasteiger partial charge is 0.268 e. The van der Waals surface area contributed by atoms with E-state index in [1.807, 2.05) is 17.9 Å². The molecule has 2 aliphatic rings. The van der Waals surface area contributed by atoms with E-state index in [-0.39, 0.29) is 29.1 Å². The first kappa shape index (κ1) is 18.7. The Morgan fingerprint density at radius 2 is 1.96 bits per heavy atom. The molecule has 0 spiro atoms. The van der Waals surface area contributed by atoms with Gasteiger partial charge in [-0.25, -0.2) is 4.39 Å². The first-order valence-corrected chi connectivity index (χ1v) is 9.99. The topological polar surface area (TPSA) is 65.2 Å². The molecule has 148 valence electrons. The van der Waals surface area contributed by atoms with Crippen LogP contribution < -0.4 is 5.32 Å². The summed E-state index contributed by atoms with van der Waals surface area (Å²) in [7, 11) is 0. The number of carbonyl (C=O) groups is 2. The Morgan fingerprint density at radius 3 is 2.57 bits per heavy atom. The molecule has 2 heterocycles. The Bertz CT molecular complexity index is 852. The molecule has 2 N–H and O–H groups in total. The van der Waals surface area contributed by atoms with Crippen LogP contribution in [-0.4, -0.2) is 40.3 Å². The number of amides is 2. The molecule has 1 saturated heterocycles. The summed E-state index contributed by atoms with van der Waals surface area (Å²) in [4.78, 5) is 30.1. The maximum Gasteiger partial charge on any atom is 0.268 e. The summed E-state index contributed by atoms with van der Waals surface area (Å²) >= 11 is 0. The van der Waals surface area contributed by atoms with Crippen LogP contribution in [-0.2, 0) is 4.79 Å². The number of halogens is 1. The highest BCUT2D eigenvalue weighted by atomic mass is 19.1. The maximum absolute atomic E-state index is 13.5.